The Morgan fingerprint density at radius 3 is 2.36 bits per heavy atom. The van der Waals surface area contributed by atoms with Crippen LogP contribution in [0.3, 0.4) is 0 Å². The van der Waals surface area contributed by atoms with E-state index >= 15 is 0 Å². The maximum Gasteiger partial charge on any atom is 0.310 e. The Kier molecular flexibility index (Phi) is 13.4. The number of carbonyl (C=O) groups excluding carboxylic acids is 2. The Hall–Kier alpha value is -2.95. The van der Waals surface area contributed by atoms with Crippen LogP contribution in [-0.2, 0) is 37.1 Å². The van der Waals surface area contributed by atoms with Gasteiger partial charge in [-0.1, -0.05) is 56.3 Å². The topological polar surface area (TPSA) is 137 Å². The minimum Gasteiger partial charge on any atom is -0.497 e. The molecule has 0 aliphatic heterocycles. The number of hydrogen-bond acceptors (Lipinski definition) is 8. The molecule has 39 heavy (non-hydrogen) atoms. The van der Waals surface area contributed by atoms with Crippen LogP contribution in [0.15, 0.2) is 54.6 Å². The van der Waals surface area contributed by atoms with Gasteiger partial charge in [-0.3, -0.25) is 9.59 Å². The first-order valence-corrected chi connectivity index (χ1v) is 15.1. The molecular formula is C29H43N3O6S. The maximum atomic E-state index is 13.3. The van der Waals surface area contributed by atoms with Crippen molar-refractivity contribution in [2.24, 2.45) is 17.6 Å². The lowest BCUT2D eigenvalue weighted by Gasteiger charge is -2.27. The van der Waals surface area contributed by atoms with Crippen LogP contribution in [0.4, 0.5) is 0 Å². The highest BCUT2D eigenvalue weighted by Gasteiger charge is 2.32. The van der Waals surface area contributed by atoms with Gasteiger partial charge in [0.05, 0.1) is 24.5 Å². The summed E-state index contributed by atoms with van der Waals surface area (Å²) >= 11 is 0. The summed E-state index contributed by atoms with van der Waals surface area (Å²) in [4.78, 5) is 25.5. The summed E-state index contributed by atoms with van der Waals surface area (Å²) in [6.45, 7) is 4.59. The first-order chi connectivity index (χ1) is 18.5. The molecule has 0 fully saturated rings. The van der Waals surface area contributed by atoms with Crippen LogP contribution in [0.25, 0.3) is 0 Å². The van der Waals surface area contributed by atoms with Crippen LogP contribution < -0.4 is 21.1 Å². The van der Waals surface area contributed by atoms with Crippen molar-refractivity contribution >= 4 is 21.7 Å². The molecular weight excluding hydrogens is 518 g/mol. The van der Waals surface area contributed by atoms with Crippen LogP contribution in [-0.4, -0.2) is 64.6 Å². The van der Waals surface area contributed by atoms with E-state index in [4.69, 9.17) is 15.2 Å². The van der Waals surface area contributed by atoms with Gasteiger partial charge in [-0.05, 0) is 42.0 Å². The van der Waals surface area contributed by atoms with Gasteiger partial charge in [-0.15, -0.1) is 0 Å². The molecule has 9 nitrogen and oxygen atoms in total. The highest BCUT2D eigenvalue weighted by atomic mass is 32.2. The van der Waals surface area contributed by atoms with Crippen molar-refractivity contribution in [1.29, 1.82) is 0 Å². The SMILES string of the molecule is CNC(=O)CC(CS(=O)(=O)CCC(C)C)C(=O)OC(CNCc1cccc(OC)c1)C(N)Cc1ccccc1. The summed E-state index contributed by atoms with van der Waals surface area (Å²) < 4.78 is 36.7. The van der Waals surface area contributed by atoms with E-state index in [-0.39, 0.29) is 24.6 Å². The van der Waals surface area contributed by atoms with Gasteiger partial charge in [-0.25, -0.2) is 8.42 Å². The molecule has 0 heterocycles. The number of nitrogens with two attached hydrogens (primary N) is 1. The number of amides is 1. The number of benzene rings is 2. The summed E-state index contributed by atoms with van der Waals surface area (Å²) in [6, 6.07) is 16.6. The number of esters is 1. The summed E-state index contributed by atoms with van der Waals surface area (Å²) in [5.41, 5.74) is 8.48. The van der Waals surface area contributed by atoms with Crippen molar-refractivity contribution in [2.45, 2.75) is 51.8 Å². The third-order valence-corrected chi connectivity index (χ3v) is 8.14. The average Bonchev–Trinajstić information content (AvgIpc) is 2.91. The molecule has 0 radical (unpaired) electrons. The number of sulfone groups is 1. The largest absolute Gasteiger partial charge is 0.497 e. The van der Waals surface area contributed by atoms with Gasteiger partial charge < -0.3 is 25.8 Å². The Balaban J connectivity index is 2.18. The van der Waals surface area contributed by atoms with Crippen LogP contribution in [0.1, 0.15) is 37.8 Å². The second kappa shape index (κ2) is 16.2. The molecule has 2 rings (SSSR count). The smallest absolute Gasteiger partial charge is 0.310 e. The van der Waals surface area contributed by atoms with Crippen molar-refractivity contribution in [3.8, 4) is 5.75 Å². The zero-order chi connectivity index (χ0) is 28.8. The molecule has 0 saturated carbocycles. The van der Waals surface area contributed by atoms with Crippen molar-refractivity contribution in [2.75, 3.05) is 32.2 Å². The molecule has 3 atom stereocenters. The first kappa shape index (κ1) is 32.3. The minimum atomic E-state index is -3.58. The summed E-state index contributed by atoms with van der Waals surface area (Å²) in [5, 5.41) is 5.75. The van der Waals surface area contributed by atoms with Gasteiger partial charge in [0.2, 0.25) is 5.91 Å². The Morgan fingerprint density at radius 1 is 1.03 bits per heavy atom. The van der Waals surface area contributed by atoms with Gasteiger partial charge in [0.1, 0.15) is 11.9 Å². The van der Waals surface area contributed by atoms with E-state index < -0.39 is 45.5 Å². The molecule has 216 valence electrons. The fourth-order valence-corrected chi connectivity index (χ4v) is 5.89. The molecule has 1 amide bonds. The summed E-state index contributed by atoms with van der Waals surface area (Å²) in [6.07, 6.45) is -0.113. The van der Waals surface area contributed by atoms with Crippen molar-refractivity contribution < 1.29 is 27.5 Å². The number of methoxy groups -OCH3 is 1. The van der Waals surface area contributed by atoms with E-state index in [2.05, 4.69) is 10.6 Å². The second-order valence-corrected chi connectivity index (χ2v) is 12.4. The van der Waals surface area contributed by atoms with Crippen molar-refractivity contribution in [1.82, 2.24) is 10.6 Å². The quantitative estimate of drug-likeness (QED) is 0.251. The summed E-state index contributed by atoms with van der Waals surface area (Å²) in [5.74, 6) is -1.90. The Bertz CT molecular complexity index is 1140. The van der Waals surface area contributed by atoms with Gasteiger partial charge >= 0.3 is 5.97 Å². The standard InChI is InChI=1S/C29H43N3O6S/c1-21(2)13-14-39(35,36)20-24(17-28(33)31-3)29(34)38-27(26(30)16-22-9-6-5-7-10-22)19-32-18-23-11-8-12-25(15-23)37-4/h5-12,15,21,24,26-27,32H,13-14,16-20,30H2,1-4H3,(H,31,33). The van der Waals surface area contributed by atoms with E-state index in [0.717, 1.165) is 16.9 Å². The molecule has 2 aromatic carbocycles. The summed E-state index contributed by atoms with van der Waals surface area (Å²) in [7, 11) is -0.535. The normalized spacial score (nSPS) is 13.9. The first-order valence-electron chi connectivity index (χ1n) is 13.3. The highest BCUT2D eigenvalue weighted by Crippen LogP contribution is 2.17. The number of rotatable bonds is 17. The number of hydrogen-bond donors (Lipinski definition) is 3. The van der Waals surface area contributed by atoms with E-state index in [9.17, 15) is 18.0 Å². The molecule has 0 saturated heterocycles. The lowest BCUT2D eigenvalue weighted by Crippen LogP contribution is -2.47. The average molecular weight is 562 g/mol. The van der Waals surface area contributed by atoms with Crippen LogP contribution in [0.5, 0.6) is 5.75 Å². The molecule has 0 spiro atoms. The third-order valence-electron chi connectivity index (χ3n) is 6.37. The number of carbonyl (C=O) groups is 2. The molecule has 4 N–H and O–H groups in total. The maximum absolute atomic E-state index is 13.3. The predicted octanol–water partition coefficient (Wildman–Crippen LogP) is 2.48. The highest BCUT2D eigenvalue weighted by molar-refractivity contribution is 7.91. The van der Waals surface area contributed by atoms with Crippen LogP contribution >= 0.6 is 0 Å². The van der Waals surface area contributed by atoms with E-state index in [1.807, 2.05) is 68.4 Å². The number of nitrogens with one attached hydrogen (secondary N) is 2. The van der Waals surface area contributed by atoms with Gasteiger partial charge in [0, 0.05) is 32.6 Å². The zero-order valence-corrected chi connectivity index (χ0v) is 24.2. The molecule has 2 aromatic rings. The minimum absolute atomic E-state index is 0.0543. The predicted molar refractivity (Wildman–Crippen MR) is 153 cm³/mol. The lowest BCUT2D eigenvalue weighted by atomic mass is 10.0. The number of ether oxygens (including phenoxy) is 2. The van der Waals surface area contributed by atoms with Crippen molar-refractivity contribution in [3.05, 3.63) is 65.7 Å². The van der Waals surface area contributed by atoms with E-state index in [1.54, 1.807) is 7.11 Å². The third kappa shape index (κ3) is 12.2. The van der Waals surface area contributed by atoms with Gasteiger partial charge in [-0.2, -0.15) is 0 Å². The van der Waals surface area contributed by atoms with Crippen molar-refractivity contribution in [3.63, 3.8) is 0 Å². The van der Waals surface area contributed by atoms with Crippen LogP contribution in [0.2, 0.25) is 0 Å². The molecule has 0 bridgehead atoms. The van der Waals surface area contributed by atoms with E-state index in [1.165, 1.54) is 7.05 Å². The Morgan fingerprint density at radius 2 is 1.72 bits per heavy atom. The molecule has 0 aliphatic carbocycles. The van der Waals surface area contributed by atoms with Crippen LogP contribution in [0, 0.1) is 11.8 Å². The lowest BCUT2D eigenvalue weighted by molar-refractivity contribution is -0.155. The fourth-order valence-electron chi connectivity index (χ4n) is 4.03. The van der Waals surface area contributed by atoms with Gasteiger partial charge in [0.25, 0.3) is 0 Å². The molecule has 0 aliphatic rings. The van der Waals surface area contributed by atoms with Gasteiger partial charge in [0.15, 0.2) is 9.84 Å². The molecule has 3 unspecified atom stereocenters. The second-order valence-electron chi connectivity index (χ2n) is 10.2. The molecule has 0 aromatic heterocycles. The zero-order valence-electron chi connectivity index (χ0n) is 23.4. The monoisotopic (exact) mass is 561 g/mol. The fraction of sp³-hybridized carbons (Fsp3) is 0.517. The molecule has 10 heteroatoms. The Labute approximate surface area is 232 Å². The van der Waals surface area contributed by atoms with E-state index in [0.29, 0.717) is 19.4 Å².